The molecule has 100 valence electrons. The molecule has 0 radical (unpaired) electrons. The van der Waals surface area contributed by atoms with Gasteiger partial charge in [0.05, 0.1) is 6.10 Å². The van der Waals surface area contributed by atoms with Crippen LogP contribution in [0, 0.1) is 0 Å². The summed E-state index contributed by atoms with van der Waals surface area (Å²) < 4.78 is 0. The minimum atomic E-state index is -0.327. The minimum absolute atomic E-state index is 0.107. The van der Waals surface area contributed by atoms with Gasteiger partial charge in [-0.15, -0.1) is 0 Å². The Hall–Kier alpha value is -1.59. The highest BCUT2D eigenvalue weighted by Crippen LogP contribution is 2.09. The van der Waals surface area contributed by atoms with Gasteiger partial charge in [-0.2, -0.15) is 0 Å². The lowest BCUT2D eigenvalue weighted by Crippen LogP contribution is -2.29. The van der Waals surface area contributed by atoms with E-state index in [1.54, 1.807) is 6.92 Å². The van der Waals surface area contributed by atoms with Gasteiger partial charge in [0, 0.05) is 18.2 Å². The minimum Gasteiger partial charge on any atom is -0.409 e. The van der Waals surface area contributed by atoms with Crippen LogP contribution < -0.4 is 11.1 Å². The molecule has 0 aliphatic carbocycles. The third-order valence-corrected chi connectivity index (χ3v) is 2.74. The van der Waals surface area contributed by atoms with Crippen LogP contribution in [0.1, 0.15) is 31.4 Å². The Kier molecular flexibility index (Phi) is 5.61. The molecule has 0 aliphatic rings. The Morgan fingerprint density at radius 2 is 2.06 bits per heavy atom. The van der Waals surface area contributed by atoms with E-state index in [1.807, 2.05) is 31.2 Å². The van der Waals surface area contributed by atoms with E-state index in [0.29, 0.717) is 13.0 Å². The number of rotatable bonds is 6. The average molecular weight is 251 g/mol. The van der Waals surface area contributed by atoms with E-state index in [0.717, 1.165) is 11.1 Å². The Bertz CT molecular complexity index is 405. The van der Waals surface area contributed by atoms with Crippen LogP contribution in [-0.2, 0) is 6.54 Å². The molecule has 0 amide bonds. The summed E-state index contributed by atoms with van der Waals surface area (Å²) in [6.45, 7) is 4.39. The van der Waals surface area contributed by atoms with Crippen LogP contribution in [0.3, 0.4) is 0 Å². The van der Waals surface area contributed by atoms with Crippen molar-refractivity contribution in [3.05, 3.63) is 35.4 Å². The first-order valence-electron chi connectivity index (χ1n) is 6.01. The highest BCUT2D eigenvalue weighted by Gasteiger charge is 2.09. The molecule has 5 heteroatoms. The van der Waals surface area contributed by atoms with E-state index >= 15 is 0 Å². The second-order valence-corrected chi connectivity index (χ2v) is 4.51. The Labute approximate surface area is 107 Å². The SMILES string of the molecule is CC(O)CC(C)NCc1ccccc1/C(N)=N/O. The van der Waals surface area contributed by atoms with Crippen LogP contribution in [0.5, 0.6) is 0 Å². The third-order valence-electron chi connectivity index (χ3n) is 2.74. The number of nitrogens with zero attached hydrogens (tertiary/aromatic N) is 1. The van der Waals surface area contributed by atoms with Gasteiger partial charge < -0.3 is 21.4 Å². The van der Waals surface area contributed by atoms with Gasteiger partial charge in [-0.25, -0.2) is 0 Å². The van der Waals surface area contributed by atoms with Crippen LogP contribution in [0.15, 0.2) is 29.4 Å². The molecular formula is C13H21N3O2. The lowest BCUT2D eigenvalue weighted by atomic mass is 10.1. The quantitative estimate of drug-likeness (QED) is 0.263. The zero-order valence-corrected chi connectivity index (χ0v) is 10.8. The fraction of sp³-hybridized carbons (Fsp3) is 0.462. The molecule has 1 aromatic carbocycles. The maximum Gasteiger partial charge on any atom is 0.170 e. The van der Waals surface area contributed by atoms with Crippen molar-refractivity contribution in [1.82, 2.24) is 5.32 Å². The summed E-state index contributed by atoms with van der Waals surface area (Å²) in [5.74, 6) is 0.107. The monoisotopic (exact) mass is 251 g/mol. The second-order valence-electron chi connectivity index (χ2n) is 4.51. The van der Waals surface area contributed by atoms with E-state index in [1.165, 1.54) is 0 Å². The highest BCUT2D eigenvalue weighted by atomic mass is 16.4. The largest absolute Gasteiger partial charge is 0.409 e. The molecule has 0 bridgehead atoms. The third kappa shape index (κ3) is 4.35. The molecule has 5 N–H and O–H groups in total. The molecular weight excluding hydrogens is 230 g/mol. The summed E-state index contributed by atoms with van der Waals surface area (Å²) in [6.07, 6.45) is 0.359. The zero-order valence-electron chi connectivity index (χ0n) is 10.8. The van der Waals surface area contributed by atoms with Crippen molar-refractivity contribution in [3.8, 4) is 0 Å². The Morgan fingerprint density at radius 1 is 1.39 bits per heavy atom. The maximum absolute atomic E-state index is 9.29. The van der Waals surface area contributed by atoms with Gasteiger partial charge in [-0.1, -0.05) is 29.4 Å². The van der Waals surface area contributed by atoms with Gasteiger partial charge >= 0.3 is 0 Å². The maximum atomic E-state index is 9.29. The lowest BCUT2D eigenvalue weighted by molar-refractivity contribution is 0.170. The molecule has 1 aromatic rings. The molecule has 0 spiro atoms. The molecule has 0 heterocycles. The molecule has 0 saturated heterocycles. The molecule has 2 unspecified atom stereocenters. The predicted molar refractivity (Wildman–Crippen MR) is 71.6 cm³/mol. The Morgan fingerprint density at radius 3 is 2.67 bits per heavy atom. The standard InChI is InChI=1S/C13H21N3O2/c1-9(7-10(2)17)15-8-11-5-3-4-6-12(11)13(14)16-18/h3-6,9-10,15,17-18H,7-8H2,1-2H3,(H2,14,16). The van der Waals surface area contributed by atoms with E-state index < -0.39 is 0 Å². The summed E-state index contributed by atoms with van der Waals surface area (Å²) in [5, 5.41) is 24.3. The summed E-state index contributed by atoms with van der Waals surface area (Å²) >= 11 is 0. The topological polar surface area (TPSA) is 90.9 Å². The number of hydrogen-bond donors (Lipinski definition) is 4. The van der Waals surface area contributed by atoms with Crippen molar-refractivity contribution in [1.29, 1.82) is 0 Å². The first-order valence-corrected chi connectivity index (χ1v) is 6.01. The molecule has 0 aromatic heterocycles. The van der Waals surface area contributed by atoms with E-state index in [2.05, 4.69) is 10.5 Å². The molecule has 2 atom stereocenters. The average Bonchev–Trinajstić information content (AvgIpc) is 2.35. The second kappa shape index (κ2) is 6.98. The Balaban J connectivity index is 2.67. The normalized spacial score (nSPS) is 15.4. The molecule has 5 nitrogen and oxygen atoms in total. The van der Waals surface area contributed by atoms with Crippen molar-refractivity contribution in [3.63, 3.8) is 0 Å². The van der Waals surface area contributed by atoms with Crippen LogP contribution in [-0.4, -0.2) is 28.3 Å². The number of amidine groups is 1. The summed E-state index contributed by atoms with van der Waals surface area (Å²) in [4.78, 5) is 0. The van der Waals surface area contributed by atoms with Gasteiger partial charge in [-0.3, -0.25) is 0 Å². The number of aliphatic hydroxyl groups is 1. The number of nitrogens with two attached hydrogens (primary N) is 1. The van der Waals surface area contributed by atoms with Crippen molar-refractivity contribution in [2.45, 2.75) is 39.0 Å². The first kappa shape index (κ1) is 14.5. The molecule has 0 aliphatic heterocycles. The summed E-state index contributed by atoms with van der Waals surface area (Å²) in [5.41, 5.74) is 7.30. The number of benzene rings is 1. The van der Waals surface area contributed by atoms with Crippen molar-refractivity contribution in [2.75, 3.05) is 0 Å². The summed E-state index contributed by atoms with van der Waals surface area (Å²) in [7, 11) is 0. The molecule has 18 heavy (non-hydrogen) atoms. The fourth-order valence-electron chi connectivity index (χ4n) is 1.86. The van der Waals surface area contributed by atoms with Crippen molar-refractivity contribution < 1.29 is 10.3 Å². The van der Waals surface area contributed by atoms with Crippen LogP contribution >= 0.6 is 0 Å². The first-order chi connectivity index (χ1) is 8.54. The molecule has 0 fully saturated rings. The number of nitrogens with one attached hydrogen (secondary N) is 1. The van der Waals surface area contributed by atoms with Gasteiger partial charge in [0.2, 0.25) is 0 Å². The van der Waals surface area contributed by atoms with Crippen LogP contribution in [0.2, 0.25) is 0 Å². The number of hydrogen-bond acceptors (Lipinski definition) is 4. The van der Waals surface area contributed by atoms with Gasteiger partial charge in [0.25, 0.3) is 0 Å². The van der Waals surface area contributed by atoms with Gasteiger partial charge in [-0.05, 0) is 25.8 Å². The van der Waals surface area contributed by atoms with Crippen LogP contribution in [0.4, 0.5) is 0 Å². The number of oxime groups is 1. The van der Waals surface area contributed by atoms with E-state index in [9.17, 15) is 5.11 Å². The van der Waals surface area contributed by atoms with Crippen LogP contribution in [0.25, 0.3) is 0 Å². The summed E-state index contributed by atoms with van der Waals surface area (Å²) in [6, 6.07) is 7.69. The number of aliphatic hydroxyl groups excluding tert-OH is 1. The van der Waals surface area contributed by atoms with E-state index in [4.69, 9.17) is 10.9 Å². The molecule has 0 saturated carbocycles. The fourth-order valence-corrected chi connectivity index (χ4v) is 1.86. The smallest absolute Gasteiger partial charge is 0.170 e. The zero-order chi connectivity index (χ0) is 13.5. The van der Waals surface area contributed by atoms with Gasteiger partial charge in [0.15, 0.2) is 5.84 Å². The molecule has 1 rings (SSSR count). The predicted octanol–water partition coefficient (Wildman–Crippen LogP) is 1.03. The van der Waals surface area contributed by atoms with Crippen molar-refractivity contribution in [2.24, 2.45) is 10.9 Å². The van der Waals surface area contributed by atoms with Crippen molar-refractivity contribution >= 4 is 5.84 Å². The van der Waals surface area contributed by atoms with E-state index in [-0.39, 0.29) is 18.0 Å². The van der Waals surface area contributed by atoms with Gasteiger partial charge in [0.1, 0.15) is 0 Å². The lowest BCUT2D eigenvalue weighted by Gasteiger charge is -2.16. The highest BCUT2D eigenvalue weighted by molar-refractivity contribution is 5.98.